The Kier molecular flexibility index (Phi) is 7.42. The van der Waals surface area contributed by atoms with Gasteiger partial charge in [0, 0.05) is 30.7 Å². The molecule has 0 unspecified atom stereocenters. The average molecular weight is 459 g/mol. The largest absolute Gasteiger partial charge is 0.325 e. The topological polar surface area (TPSA) is 83.4 Å². The number of aromatic nitrogens is 1. The third kappa shape index (κ3) is 5.92. The Morgan fingerprint density at radius 1 is 0.853 bits per heavy atom. The Morgan fingerprint density at radius 2 is 1.53 bits per heavy atom. The molecule has 2 heterocycles. The monoisotopic (exact) mass is 458 g/mol. The summed E-state index contributed by atoms with van der Waals surface area (Å²) >= 11 is 0. The van der Waals surface area contributed by atoms with Crippen molar-refractivity contribution < 1.29 is 9.59 Å². The highest BCUT2D eigenvalue weighted by Crippen LogP contribution is 2.16. The molecule has 7 nitrogen and oxygen atoms in total. The van der Waals surface area contributed by atoms with Gasteiger partial charge in [-0.1, -0.05) is 42.7 Å². The fourth-order valence-electron chi connectivity index (χ4n) is 4.15. The Labute approximate surface area is 199 Å². The third-order valence-corrected chi connectivity index (χ3v) is 5.99. The van der Waals surface area contributed by atoms with Gasteiger partial charge in [-0.3, -0.25) is 9.59 Å². The summed E-state index contributed by atoms with van der Waals surface area (Å²) in [6, 6.07) is 18.0. The van der Waals surface area contributed by atoms with Crippen LogP contribution in [0.4, 0.5) is 16.2 Å². The normalized spacial score (nSPS) is 13.7. The molecule has 0 saturated carbocycles. The zero-order chi connectivity index (χ0) is 23.9. The average Bonchev–Trinajstić information content (AvgIpc) is 3.11. The number of hydrogen-bond donors (Lipinski definition) is 2. The fourth-order valence-corrected chi connectivity index (χ4v) is 4.15. The van der Waals surface area contributed by atoms with Crippen molar-refractivity contribution in [3.05, 3.63) is 93.9 Å². The lowest BCUT2D eigenvalue weighted by Crippen LogP contribution is -2.35. The predicted octanol–water partition coefficient (Wildman–Crippen LogP) is 4.87. The van der Waals surface area contributed by atoms with E-state index in [1.165, 1.54) is 10.6 Å². The number of hydrogen-bond acceptors (Lipinski definition) is 3. The molecule has 7 heteroatoms. The zero-order valence-electron chi connectivity index (χ0n) is 19.4. The minimum atomic E-state index is -0.468. The van der Waals surface area contributed by atoms with Gasteiger partial charge in [0.1, 0.15) is 5.56 Å². The Hall–Kier alpha value is -3.87. The molecule has 176 valence electrons. The van der Waals surface area contributed by atoms with Gasteiger partial charge in [0.05, 0.1) is 6.54 Å². The molecule has 1 saturated heterocycles. The predicted molar refractivity (Wildman–Crippen MR) is 134 cm³/mol. The van der Waals surface area contributed by atoms with Crippen molar-refractivity contribution in [1.29, 1.82) is 0 Å². The van der Waals surface area contributed by atoms with E-state index in [-0.39, 0.29) is 17.2 Å². The summed E-state index contributed by atoms with van der Waals surface area (Å²) in [4.78, 5) is 40.0. The summed E-state index contributed by atoms with van der Waals surface area (Å²) in [5.74, 6) is -0.468. The van der Waals surface area contributed by atoms with Crippen LogP contribution in [0, 0.1) is 6.92 Å². The Bertz CT molecular complexity index is 1210. The van der Waals surface area contributed by atoms with Gasteiger partial charge in [0.25, 0.3) is 11.5 Å². The number of urea groups is 1. The van der Waals surface area contributed by atoms with E-state index in [9.17, 15) is 14.4 Å². The van der Waals surface area contributed by atoms with E-state index in [1.54, 1.807) is 36.5 Å². The number of nitrogens with one attached hydrogen (secondary N) is 2. The van der Waals surface area contributed by atoms with Gasteiger partial charge in [-0.05, 0) is 61.7 Å². The van der Waals surface area contributed by atoms with Crippen molar-refractivity contribution in [3.8, 4) is 0 Å². The Balaban J connectivity index is 1.40. The van der Waals surface area contributed by atoms with E-state index in [0.29, 0.717) is 17.9 Å². The number of carbonyl (C=O) groups is 2. The molecule has 0 bridgehead atoms. The van der Waals surface area contributed by atoms with E-state index >= 15 is 0 Å². The van der Waals surface area contributed by atoms with E-state index < -0.39 is 5.91 Å². The number of likely N-dealkylation sites (tertiary alicyclic amines) is 1. The maximum atomic E-state index is 12.9. The SMILES string of the molecule is Cc1cccc(Cn2cccc(C(=O)Nc3ccc(NC(=O)N4CCCCCC4)cc3)c2=O)c1. The summed E-state index contributed by atoms with van der Waals surface area (Å²) in [5.41, 5.74) is 3.05. The van der Waals surface area contributed by atoms with Crippen molar-refractivity contribution in [3.63, 3.8) is 0 Å². The van der Waals surface area contributed by atoms with Crippen LogP contribution in [0.25, 0.3) is 0 Å². The molecule has 0 atom stereocenters. The lowest BCUT2D eigenvalue weighted by atomic mass is 10.1. The summed E-state index contributed by atoms with van der Waals surface area (Å²) < 4.78 is 1.53. The number of benzene rings is 2. The van der Waals surface area contributed by atoms with Crippen LogP contribution in [0.3, 0.4) is 0 Å². The van der Waals surface area contributed by atoms with Crippen molar-refractivity contribution >= 4 is 23.3 Å². The first kappa shape index (κ1) is 23.3. The van der Waals surface area contributed by atoms with Gasteiger partial charge >= 0.3 is 6.03 Å². The first-order valence-corrected chi connectivity index (χ1v) is 11.7. The van der Waals surface area contributed by atoms with E-state index in [2.05, 4.69) is 10.6 Å². The van der Waals surface area contributed by atoms with Gasteiger partial charge < -0.3 is 20.1 Å². The van der Waals surface area contributed by atoms with Crippen LogP contribution >= 0.6 is 0 Å². The van der Waals surface area contributed by atoms with E-state index in [0.717, 1.165) is 49.9 Å². The van der Waals surface area contributed by atoms with Crippen molar-refractivity contribution in [2.24, 2.45) is 0 Å². The van der Waals surface area contributed by atoms with Crippen LogP contribution in [0.1, 0.15) is 47.2 Å². The van der Waals surface area contributed by atoms with Gasteiger partial charge in [-0.25, -0.2) is 4.79 Å². The number of anilines is 2. The molecular weight excluding hydrogens is 428 g/mol. The maximum Gasteiger partial charge on any atom is 0.321 e. The fraction of sp³-hybridized carbons (Fsp3) is 0.296. The molecule has 1 aromatic heterocycles. The first-order chi connectivity index (χ1) is 16.5. The molecule has 2 N–H and O–H groups in total. The molecule has 3 amide bonds. The van der Waals surface area contributed by atoms with E-state index in [4.69, 9.17) is 0 Å². The van der Waals surface area contributed by atoms with Gasteiger partial charge in [-0.15, -0.1) is 0 Å². The second-order valence-corrected chi connectivity index (χ2v) is 8.71. The molecular formula is C27H30N4O3. The minimum absolute atomic E-state index is 0.0775. The summed E-state index contributed by atoms with van der Waals surface area (Å²) in [6.07, 6.45) is 6.07. The molecule has 1 fully saturated rings. The van der Waals surface area contributed by atoms with Crippen molar-refractivity contribution in [1.82, 2.24) is 9.47 Å². The van der Waals surface area contributed by atoms with Crippen molar-refractivity contribution in [2.75, 3.05) is 23.7 Å². The van der Waals surface area contributed by atoms with E-state index in [1.807, 2.05) is 36.1 Å². The molecule has 4 rings (SSSR count). The van der Waals surface area contributed by atoms with Gasteiger partial charge in [-0.2, -0.15) is 0 Å². The standard InChI is InChI=1S/C27H30N4O3/c1-20-8-6-9-21(18-20)19-31-17-7-10-24(26(31)33)25(32)28-22-11-13-23(14-12-22)29-27(34)30-15-4-2-3-5-16-30/h6-14,17-18H,2-5,15-16,19H2,1H3,(H,28,32)(H,29,34). The van der Waals surface area contributed by atoms with Crippen LogP contribution in [0.15, 0.2) is 71.7 Å². The molecule has 2 aromatic carbocycles. The second kappa shape index (κ2) is 10.8. The summed E-state index contributed by atoms with van der Waals surface area (Å²) in [6.45, 7) is 3.95. The number of nitrogens with zero attached hydrogens (tertiary/aromatic N) is 2. The molecule has 0 aliphatic carbocycles. The van der Waals surface area contributed by atoms with Crippen LogP contribution in [-0.4, -0.2) is 34.5 Å². The third-order valence-electron chi connectivity index (χ3n) is 5.99. The highest BCUT2D eigenvalue weighted by molar-refractivity contribution is 6.04. The summed E-state index contributed by atoms with van der Waals surface area (Å²) in [7, 11) is 0. The number of aryl methyl sites for hydroxylation is 1. The number of rotatable bonds is 5. The van der Waals surface area contributed by atoms with Gasteiger partial charge in [0.2, 0.25) is 0 Å². The molecule has 1 aliphatic heterocycles. The second-order valence-electron chi connectivity index (χ2n) is 8.71. The Morgan fingerprint density at radius 3 is 2.21 bits per heavy atom. The highest BCUT2D eigenvalue weighted by atomic mass is 16.2. The maximum absolute atomic E-state index is 12.9. The number of carbonyl (C=O) groups excluding carboxylic acids is 2. The molecule has 0 spiro atoms. The van der Waals surface area contributed by atoms with Crippen LogP contribution < -0.4 is 16.2 Å². The zero-order valence-corrected chi connectivity index (χ0v) is 19.4. The van der Waals surface area contributed by atoms with Crippen molar-refractivity contribution in [2.45, 2.75) is 39.2 Å². The molecule has 0 radical (unpaired) electrons. The number of amides is 3. The molecule has 1 aliphatic rings. The lowest BCUT2D eigenvalue weighted by molar-refractivity contribution is 0.102. The lowest BCUT2D eigenvalue weighted by Gasteiger charge is -2.20. The summed E-state index contributed by atoms with van der Waals surface area (Å²) in [5, 5.41) is 5.69. The first-order valence-electron chi connectivity index (χ1n) is 11.7. The molecule has 34 heavy (non-hydrogen) atoms. The van der Waals surface area contributed by atoms with Crippen LogP contribution in [0.2, 0.25) is 0 Å². The smallest absolute Gasteiger partial charge is 0.321 e. The minimum Gasteiger partial charge on any atom is -0.325 e. The number of pyridine rings is 1. The van der Waals surface area contributed by atoms with Gasteiger partial charge in [0.15, 0.2) is 0 Å². The highest BCUT2D eigenvalue weighted by Gasteiger charge is 2.16. The van der Waals surface area contributed by atoms with Crippen LogP contribution in [0.5, 0.6) is 0 Å². The quantitative estimate of drug-likeness (QED) is 0.572. The molecule has 3 aromatic rings. The van der Waals surface area contributed by atoms with Crippen LogP contribution in [-0.2, 0) is 6.54 Å².